The molecule has 0 radical (unpaired) electrons. The fourth-order valence-electron chi connectivity index (χ4n) is 5.42. The van der Waals surface area contributed by atoms with Crippen LogP contribution in [0.25, 0.3) is 21.9 Å². The van der Waals surface area contributed by atoms with Gasteiger partial charge in [0.15, 0.2) is 0 Å². The lowest BCUT2D eigenvalue weighted by Gasteiger charge is -2.28. The predicted octanol–water partition coefficient (Wildman–Crippen LogP) is 9.98. The quantitative estimate of drug-likeness (QED) is 0.227. The van der Waals surface area contributed by atoms with Crippen LogP contribution in [-0.4, -0.2) is 0 Å². The maximum Gasteiger partial charge on any atom is 0.416 e. The van der Waals surface area contributed by atoms with Crippen molar-refractivity contribution >= 4 is 10.8 Å². The van der Waals surface area contributed by atoms with Gasteiger partial charge in [0.1, 0.15) is 5.82 Å². The van der Waals surface area contributed by atoms with Crippen molar-refractivity contribution in [3.63, 3.8) is 0 Å². The zero-order valence-electron chi connectivity index (χ0n) is 19.9. The van der Waals surface area contributed by atoms with Crippen LogP contribution in [0.15, 0.2) is 54.6 Å². The lowest BCUT2D eigenvalue weighted by Crippen LogP contribution is -2.15. The summed E-state index contributed by atoms with van der Waals surface area (Å²) in [6.07, 6.45) is 8.59. The van der Waals surface area contributed by atoms with Gasteiger partial charge in [-0.05, 0) is 53.3 Å². The van der Waals surface area contributed by atoms with Gasteiger partial charge in [-0.2, -0.15) is 13.2 Å². The molecule has 4 heteroatoms. The van der Waals surface area contributed by atoms with E-state index >= 15 is 4.39 Å². The minimum atomic E-state index is -4.40. The Bertz CT molecular complexity index is 1070. The fourth-order valence-corrected chi connectivity index (χ4v) is 5.42. The summed E-state index contributed by atoms with van der Waals surface area (Å²) in [5, 5.41) is 1.35. The molecule has 1 fully saturated rings. The van der Waals surface area contributed by atoms with Crippen LogP contribution in [0.3, 0.4) is 0 Å². The molecule has 0 unspecified atom stereocenters. The van der Waals surface area contributed by atoms with Gasteiger partial charge in [0.05, 0.1) is 5.56 Å². The highest BCUT2D eigenvalue weighted by molar-refractivity contribution is 5.88. The fraction of sp³-hybridized carbons (Fsp3) is 0.467. The second-order valence-electron chi connectivity index (χ2n) is 9.98. The Morgan fingerprint density at radius 1 is 0.794 bits per heavy atom. The number of halogens is 4. The summed E-state index contributed by atoms with van der Waals surface area (Å²) in [5.74, 6) is 1.33. The van der Waals surface area contributed by atoms with E-state index in [0.29, 0.717) is 16.5 Å². The number of benzene rings is 3. The highest BCUT2D eigenvalue weighted by atomic mass is 19.4. The molecular formula is C30H34F4. The third-order valence-corrected chi connectivity index (χ3v) is 7.57. The first kappa shape index (κ1) is 24.8. The Morgan fingerprint density at radius 3 is 2.12 bits per heavy atom. The van der Waals surface area contributed by atoms with Crippen molar-refractivity contribution in [3.05, 3.63) is 71.5 Å². The molecule has 0 aliphatic heterocycles. The molecule has 3 aromatic carbocycles. The average molecular weight is 471 g/mol. The molecule has 0 aromatic heterocycles. The van der Waals surface area contributed by atoms with Crippen LogP contribution < -0.4 is 0 Å². The highest BCUT2D eigenvalue weighted by Crippen LogP contribution is 2.36. The van der Waals surface area contributed by atoms with E-state index in [2.05, 4.69) is 13.0 Å². The first-order valence-electron chi connectivity index (χ1n) is 12.7. The van der Waals surface area contributed by atoms with Crippen molar-refractivity contribution in [2.75, 3.05) is 0 Å². The molecule has 0 saturated heterocycles. The monoisotopic (exact) mass is 470 g/mol. The molecule has 0 nitrogen and oxygen atoms in total. The smallest absolute Gasteiger partial charge is 0.206 e. The number of hydrogen-bond acceptors (Lipinski definition) is 0. The summed E-state index contributed by atoms with van der Waals surface area (Å²) in [6.45, 7) is 2.26. The van der Waals surface area contributed by atoms with E-state index in [1.54, 1.807) is 6.07 Å². The lowest BCUT2D eigenvalue weighted by molar-refractivity contribution is -0.137. The second kappa shape index (κ2) is 10.9. The summed E-state index contributed by atoms with van der Waals surface area (Å²) >= 11 is 0. The van der Waals surface area contributed by atoms with Crippen molar-refractivity contribution in [3.8, 4) is 11.1 Å². The Kier molecular flexibility index (Phi) is 7.95. The van der Waals surface area contributed by atoms with Crippen LogP contribution in [-0.2, 0) is 12.6 Å². The van der Waals surface area contributed by atoms with Crippen LogP contribution in [0.5, 0.6) is 0 Å². The van der Waals surface area contributed by atoms with E-state index < -0.39 is 11.7 Å². The Hall–Kier alpha value is -2.36. The van der Waals surface area contributed by atoms with Gasteiger partial charge in [-0.1, -0.05) is 101 Å². The molecule has 34 heavy (non-hydrogen) atoms. The van der Waals surface area contributed by atoms with E-state index in [1.807, 2.05) is 18.2 Å². The van der Waals surface area contributed by atoms with Gasteiger partial charge in [0.2, 0.25) is 0 Å². The van der Waals surface area contributed by atoms with Gasteiger partial charge in [-0.15, -0.1) is 0 Å². The van der Waals surface area contributed by atoms with Crippen LogP contribution >= 0.6 is 0 Å². The standard InChI is InChI=1S/C30H34F4/c1-2-3-4-5-21-6-8-22(9-7-21)10-11-23-12-18-28-25(20-23)15-19-27(29(28)31)24-13-16-26(17-14-24)30(32,33)34/h12-22H,2-11H2,1H3/t21-,22-. The molecule has 182 valence electrons. The molecule has 1 saturated carbocycles. The van der Waals surface area contributed by atoms with E-state index in [9.17, 15) is 13.2 Å². The Labute approximate surface area is 200 Å². The number of hydrogen-bond donors (Lipinski definition) is 0. The Balaban J connectivity index is 1.38. The van der Waals surface area contributed by atoms with Gasteiger partial charge >= 0.3 is 6.18 Å². The van der Waals surface area contributed by atoms with Crippen LogP contribution in [0, 0.1) is 17.7 Å². The van der Waals surface area contributed by atoms with E-state index in [-0.39, 0.29) is 5.82 Å². The van der Waals surface area contributed by atoms with Gasteiger partial charge in [0.25, 0.3) is 0 Å². The molecule has 0 spiro atoms. The molecule has 1 aliphatic carbocycles. The first-order valence-corrected chi connectivity index (χ1v) is 12.7. The number of alkyl halides is 3. The zero-order valence-corrected chi connectivity index (χ0v) is 19.9. The minimum Gasteiger partial charge on any atom is -0.206 e. The maximum absolute atomic E-state index is 15.2. The molecule has 0 N–H and O–H groups in total. The summed E-state index contributed by atoms with van der Waals surface area (Å²) < 4.78 is 53.7. The molecular weight excluding hydrogens is 436 g/mol. The van der Waals surface area contributed by atoms with Gasteiger partial charge in [0, 0.05) is 10.9 Å². The topological polar surface area (TPSA) is 0 Å². The number of fused-ring (bicyclic) bond motifs is 1. The third-order valence-electron chi connectivity index (χ3n) is 7.57. The van der Waals surface area contributed by atoms with Crippen molar-refractivity contribution in [2.45, 2.75) is 77.3 Å². The van der Waals surface area contributed by atoms with Crippen LogP contribution in [0.1, 0.15) is 75.8 Å². The number of aryl methyl sites for hydroxylation is 1. The highest BCUT2D eigenvalue weighted by Gasteiger charge is 2.30. The summed E-state index contributed by atoms with van der Waals surface area (Å²) in [5.41, 5.74) is 1.26. The van der Waals surface area contributed by atoms with Crippen LogP contribution in [0.4, 0.5) is 17.6 Å². The minimum absolute atomic E-state index is 0.324. The van der Waals surface area contributed by atoms with Crippen LogP contribution in [0.2, 0.25) is 0 Å². The zero-order chi connectivity index (χ0) is 24.1. The van der Waals surface area contributed by atoms with E-state index in [1.165, 1.54) is 75.5 Å². The molecule has 3 aromatic rings. The molecule has 0 atom stereocenters. The van der Waals surface area contributed by atoms with Gasteiger partial charge in [-0.3, -0.25) is 0 Å². The number of unbranched alkanes of at least 4 members (excludes halogenated alkanes) is 2. The molecule has 1 aliphatic rings. The maximum atomic E-state index is 15.2. The summed E-state index contributed by atoms with van der Waals surface area (Å²) in [6, 6.07) is 14.1. The SMILES string of the molecule is CCCCC[C@H]1CC[C@H](CCc2ccc3c(F)c(-c4ccc(C(F)(F)F)cc4)ccc3c2)CC1. The van der Waals surface area contributed by atoms with Crippen molar-refractivity contribution in [1.82, 2.24) is 0 Å². The largest absolute Gasteiger partial charge is 0.416 e. The molecule has 0 heterocycles. The summed E-state index contributed by atoms with van der Waals surface area (Å²) in [4.78, 5) is 0. The molecule has 0 bridgehead atoms. The summed E-state index contributed by atoms with van der Waals surface area (Å²) in [7, 11) is 0. The van der Waals surface area contributed by atoms with Gasteiger partial charge < -0.3 is 0 Å². The molecule has 0 amide bonds. The third kappa shape index (κ3) is 6.00. The van der Waals surface area contributed by atoms with E-state index in [0.717, 1.165) is 35.8 Å². The van der Waals surface area contributed by atoms with E-state index in [4.69, 9.17) is 0 Å². The second-order valence-corrected chi connectivity index (χ2v) is 9.98. The average Bonchev–Trinajstić information content (AvgIpc) is 2.83. The first-order chi connectivity index (χ1) is 16.3. The normalized spacial score (nSPS) is 19.0. The molecule has 4 rings (SSSR count). The van der Waals surface area contributed by atoms with Crippen molar-refractivity contribution in [1.29, 1.82) is 0 Å². The van der Waals surface area contributed by atoms with Crippen molar-refractivity contribution in [2.24, 2.45) is 11.8 Å². The Morgan fingerprint density at radius 2 is 1.47 bits per heavy atom. The lowest BCUT2D eigenvalue weighted by atomic mass is 9.77. The predicted molar refractivity (Wildman–Crippen MR) is 132 cm³/mol. The van der Waals surface area contributed by atoms with Gasteiger partial charge in [-0.25, -0.2) is 4.39 Å². The van der Waals surface area contributed by atoms with Crippen molar-refractivity contribution < 1.29 is 17.6 Å². The number of rotatable bonds is 8.